The Labute approximate surface area is 147 Å². The highest BCUT2D eigenvalue weighted by Crippen LogP contribution is 2.12. The minimum atomic E-state index is -0.220. The van der Waals surface area contributed by atoms with Gasteiger partial charge >= 0.3 is 0 Å². The molecule has 1 aromatic carbocycles. The van der Waals surface area contributed by atoms with Crippen LogP contribution in [-0.4, -0.2) is 55.1 Å². The predicted octanol–water partition coefficient (Wildman–Crippen LogP) is 1.70. The highest BCUT2D eigenvalue weighted by molar-refractivity contribution is 5.78. The van der Waals surface area contributed by atoms with Crippen LogP contribution >= 0.6 is 0 Å². The summed E-state index contributed by atoms with van der Waals surface area (Å²) < 4.78 is 13.5. The van der Waals surface area contributed by atoms with Gasteiger partial charge in [0.2, 0.25) is 5.91 Å². The largest absolute Gasteiger partial charge is 0.355 e. The van der Waals surface area contributed by atoms with Crippen molar-refractivity contribution in [2.24, 2.45) is 0 Å². The first-order chi connectivity index (χ1) is 12.2. The number of rotatable bonds is 6. The van der Waals surface area contributed by atoms with Gasteiger partial charge in [0, 0.05) is 38.9 Å². The molecule has 2 aromatic rings. The maximum absolute atomic E-state index is 13.5. The van der Waals surface area contributed by atoms with Gasteiger partial charge in [0.25, 0.3) is 0 Å². The number of piperazine rings is 1. The van der Waals surface area contributed by atoms with Gasteiger partial charge in [-0.1, -0.05) is 24.3 Å². The van der Waals surface area contributed by atoms with E-state index in [1.165, 1.54) is 6.07 Å². The van der Waals surface area contributed by atoms with Crippen LogP contribution in [0.25, 0.3) is 0 Å². The van der Waals surface area contributed by atoms with E-state index in [0.29, 0.717) is 25.1 Å². The zero-order valence-corrected chi connectivity index (χ0v) is 14.2. The van der Waals surface area contributed by atoms with Crippen LogP contribution in [0.1, 0.15) is 5.56 Å². The Morgan fingerprint density at radius 2 is 1.84 bits per heavy atom. The van der Waals surface area contributed by atoms with E-state index in [1.54, 1.807) is 24.4 Å². The third-order valence-electron chi connectivity index (χ3n) is 4.39. The molecule has 132 valence electrons. The Kier molecular flexibility index (Phi) is 5.95. The molecule has 5 nitrogen and oxygen atoms in total. The van der Waals surface area contributed by atoms with Crippen molar-refractivity contribution < 1.29 is 9.18 Å². The van der Waals surface area contributed by atoms with Gasteiger partial charge in [0.05, 0.1) is 6.54 Å². The average Bonchev–Trinajstić information content (AvgIpc) is 2.65. The standard InChI is InChI=1S/C19H23FN4O/c20-17-6-2-1-5-16(17)8-10-22-19(25)15-23-11-13-24(14-12-23)18-7-3-4-9-21-18/h1-7,9H,8,10-15H2,(H,22,25). The van der Waals surface area contributed by atoms with Crippen LogP contribution in [-0.2, 0) is 11.2 Å². The highest BCUT2D eigenvalue weighted by Gasteiger charge is 2.19. The summed E-state index contributed by atoms with van der Waals surface area (Å²) in [6.07, 6.45) is 2.30. The number of carbonyl (C=O) groups excluding carboxylic acids is 1. The molecule has 0 atom stereocenters. The number of hydrogen-bond acceptors (Lipinski definition) is 4. The number of carbonyl (C=O) groups is 1. The van der Waals surface area contributed by atoms with Crippen molar-refractivity contribution in [3.63, 3.8) is 0 Å². The monoisotopic (exact) mass is 342 g/mol. The van der Waals surface area contributed by atoms with E-state index >= 15 is 0 Å². The van der Waals surface area contributed by atoms with Crippen LogP contribution < -0.4 is 10.2 Å². The van der Waals surface area contributed by atoms with Gasteiger partial charge in [-0.15, -0.1) is 0 Å². The molecule has 3 rings (SSSR count). The van der Waals surface area contributed by atoms with Gasteiger partial charge in [-0.2, -0.15) is 0 Å². The highest BCUT2D eigenvalue weighted by atomic mass is 19.1. The van der Waals surface area contributed by atoms with Crippen molar-refractivity contribution >= 4 is 11.7 Å². The van der Waals surface area contributed by atoms with E-state index in [2.05, 4.69) is 20.1 Å². The lowest BCUT2D eigenvalue weighted by molar-refractivity contribution is -0.122. The third kappa shape index (κ3) is 5.00. The van der Waals surface area contributed by atoms with Gasteiger partial charge in [0.15, 0.2) is 0 Å². The molecule has 0 saturated carbocycles. The first-order valence-electron chi connectivity index (χ1n) is 8.61. The second-order valence-electron chi connectivity index (χ2n) is 6.14. The summed E-state index contributed by atoms with van der Waals surface area (Å²) in [6, 6.07) is 12.6. The number of anilines is 1. The molecule has 0 bridgehead atoms. The van der Waals surface area contributed by atoms with E-state index in [9.17, 15) is 9.18 Å². The number of nitrogens with one attached hydrogen (secondary N) is 1. The maximum atomic E-state index is 13.5. The van der Waals surface area contributed by atoms with Crippen LogP contribution in [0.4, 0.5) is 10.2 Å². The van der Waals surface area contributed by atoms with E-state index in [-0.39, 0.29) is 11.7 Å². The fourth-order valence-electron chi connectivity index (χ4n) is 2.97. The van der Waals surface area contributed by atoms with Gasteiger partial charge < -0.3 is 10.2 Å². The number of benzene rings is 1. The second-order valence-corrected chi connectivity index (χ2v) is 6.14. The van der Waals surface area contributed by atoms with Gasteiger partial charge in [0.1, 0.15) is 11.6 Å². The molecule has 1 fully saturated rings. The fourth-order valence-corrected chi connectivity index (χ4v) is 2.97. The van der Waals surface area contributed by atoms with Crippen LogP contribution in [0.2, 0.25) is 0 Å². The third-order valence-corrected chi connectivity index (χ3v) is 4.39. The summed E-state index contributed by atoms with van der Waals surface area (Å²) in [5, 5.41) is 2.88. The lowest BCUT2D eigenvalue weighted by Crippen LogP contribution is -2.49. The van der Waals surface area contributed by atoms with Crippen molar-refractivity contribution in [1.82, 2.24) is 15.2 Å². The van der Waals surface area contributed by atoms with E-state index in [1.807, 2.05) is 18.2 Å². The van der Waals surface area contributed by atoms with Crippen LogP contribution in [0, 0.1) is 5.82 Å². The molecule has 0 aliphatic carbocycles. The fraction of sp³-hybridized carbons (Fsp3) is 0.368. The van der Waals surface area contributed by atoms with Crippen LogP contribution in [0.5, 0.6) is 0 Å². The first kappa shape index (κ1) is 17.4. The minimum Gasteiger partial charge on any atom is -0.355 e. The molecular weight excluding hydrogens is 319 g/mol. The number of amides is 1. The Balaban J connectivity index is 1.37. The molecule has 1 amide bonds. The number of halogens is 1. The number of pyridine rings is 1. The molecule has 25 heavy (non-hydrogen) atoms. The van der Waals surface area contributed by atoms with E-state index < -0.39 is 0 Å². The van der Waals surface area contributed by atoms with E-state index in [4.69, 9.17) is 0 Å². The Morgan fingerprint density at radius 3 is 2.56 bits per heavy atom. The molecule has 1 saturated heterocycles. The molecule has 0 spiro atoms. The minimum absolute atomic E-state index is 0.0115. The van der Waals surface area contributed by atoms with Crippen molar-refractivity contribution in [2.75, 3.05) is 44.2 Å². The number of aromatic nitrogens is 1. The first-order valence-corrected chi connectivity index (χ1v) is 8.61. The molecule has 0 unspecified atom stereocenters. The van der Waals surface area contributed by atoms with E-state index in [0.717, 1.165) is 32.0 Å². The van der Waals surface area contributed by atoms with Gasteiger partial charge in [-0.25, -0.2) is 9.37 Å². The maximum Gasteiger partial charge on any atom is 0.234 e. The lowest BCUT2D eigenvalue weighted by Gasteiger charge is -2.34. The Morgan fingerprint density at radius 1 is 1.08 bits per heavy atom. The SMILES string of the molecule is O=C(CN1CCN(c2ccccn2)CC1)NCCc1ccccc1F. The molecule has 6 heteroatoms. The van der Waals surface area contributed by atoms with Crippen molar-refractivity contribution in [2.45, 2.75) is 6.42 Å². The summed E-state index contributed by atoms with van der Waals surface area (Å²) >= 11 is 0. The molecular formula is C19H23FN4O. The van der Waals surface area contributed by atoms with Crippen molar-refractivity contribution in [3.05, 3.63) is 60.0 Å². The number of nitrogens with zero attached hydrogens (tertiary/aromatic N) is 3. The zero-order valence-electron chi connectivity index (χ0n) is 14.2. The van der Waals surface area contributed by atoms with Gasteiger partial charge in [-0.05, 0) is 30.2 Å². The molecule has 1 aliphatic heterocycles. The summed E-state index contributed by atoms with van der Waals surface area (Å²) in [7, 11) is 0. The van der Waals surface area contributed by atoms with Crippen molar-refractivity contribution in [3.8, 4) is 0 Å². The molecule has 2 heterocycles. The normalized spacial score (nSPS) is 15.2. The summed E-state index contributed by atoms with van der Waals surface area (Å²) in [5.74, 6) is 0.751. The summed E-state index contributed by atoms with van der Waals surface area (Å²) in [5.41, 5.74) is 0.631. The topological polar surface area (TPSA) is 48.5 Å². The molecule has 1 aromatic heterocycles. The second kappa shape index (κ2) is 8.58. The summed E-state index contributed by atoms with van der Waals surface area (Å²) in [6.45, 7) is 4.22. The van der Waals surface area contributed by atoms with Crippen LogP contribution in [0.15, 0.2) is 48.7 Å². The quantitative estimate of drug-likeness (QED) is 0.868. The molecule has 0 radical (unpaired) electrons. The molecule has 1 N–H and O–H groups in total. The smallest absolute Gasteiger partial charge is 0.234 e. The summed E-state index contributed by atoms with van der Waals surface area (Å²) in [4.78, 5) is 20.8. The Hall–Kier alpha value is -2.47. The van der Waals surface area contributed by atoms with Gasteiger partial charge in [-0.3, -0.25) is 9.69 Å². The van der Waals surface area contributed by atoms with Crippen molar-refractivity contribution in [1.29, 1.82) is 0 Å². The predicted molar refractivity (Wildman–Crippen MR) is 96.0 cm³/mol. The zero-order chi connectivity index (χ0) is 17.5. The average molecular weight is 342 g/mol. The lowest BCUT2D eigenvalue weighted by atomic mass is 10.1. The number of hydrogen-bond donors (Lipinski definition) is 1. The molecule has 1 aliphatic rings. The Bertz CT molecular complexity index is 687. The van der Waals surface area contributed by atoms with Crippen LogP contribution in [0.3, 0.4) is 0 Å².